The van der Waals surface area contributed by atoms with Gasteiger partial charge in [0, 0.05) is 45.2 Å². The Balaban J connectivity index is 1.74. The van der Waals surface area contributed by atoms with Crippen LogP contribution in [0.4, 0.5) is 0 Å². The van der Waals surface area contributed by atoms with Gasteiger partial charge >= 0.3 is 0 Å². The van der Waals surface area contributed by atoms with E-state index in [0.29, 0.717) is 6.04 Å². The molecule has 3 atom stereocenters. The zero-order chi connectivity index (χ0) is 13.2. The molecule has 2 aliphatic heterocycles. The highest BCUT2D eigenvalue weighted by Crippen LogP contribution is 2.34. The van der Waals surface area contributed by atoms with Crippen LogP contribution in [0.3, 0.4) is 0 Å². The molecule has 2 fully saturated rings. The fraction of sp³-hybridized carbons (Fsp3) is 0.571. The molecule has 2 saturated heterocycles. The van der Waals surface area contributed by atoms with Crippen LogP contribution in [0.25, 0.3) is 0 Å². The van der Waals surface area contributed by atoms with E-state index in [4.69, 9.17) is 4.74 Å². The van der Waals surface area contributed by atoms with E-state index in [-0.39, 0.29) is 17.9 Å². The van der Waals surface area contributed by atoms with Gasteiger partial charge in [-0.25, -0.2) is 0 Å². The molecule has 0 radical (unpaired) electrons. The highest BCUT2D eigenvalue weighted by molar-refractivity contribution is 5.79. The Morgan fingerprint density at radius 1 is 1.53 bits per heavy atom. The number of aromatic nitrogens is 1. The third-order valence-electron chi connectivity index (χ3n) is 4.12. The molecule has 2 aliphatic rings. The van der Waals surface area contributed by atoms with E-state index in [2.05, 4.69) is 15.2 Å². The van der Waals surface area contributed by atoms with Crippen LogP contribution in [0.15, 0.2) is 24.5 Å². The normalized spacial score (nSPS) is 30.3. The molecule has 0 saturated carbocycles. The fourth-order valence-electron chi connectivity index (χ4n) is 3.19. The summed E-state index contributed by atoms with van der Waals surface area (Å²) in [6.45, 7) is 2.40. The molecule has 1 N–H and O–H groups in total. The molecular weight excluding hydrogens is 242 g/mol. The van der Waals surface area contributed by atoms with Gasteiger partial charge in [0.15, 0.2) is 0 Å². The van der Waals surface area contributed by atoms with Crippen molar-refractivity contribution in [1.82, 2.24) is 15.2 Å². The first-order valence-electron chi connectivity index (χ1n) is 6.75. The summed E-state index contributed by atoms with van der Waals surface area (Å²) in [5.74, 6) is 0.0495. The summed E-state index contributed by atoms with van der Waals surface area (Å²) < 4.78 is 5.77. The second-order valence-electron chi connectivity index (χ2n) is 5.20. The molecule has 0 bridgehead atoms. The summed E-state index contributed by atoms with van der Waals surface area (Å²) in [6.07, 6.45) is 4.69. The number of ether oxygens (including phenoxy) is 1. The zero-order valence-electron chi connectivity index (χ0n) is 11.1. The van der Waals surface area contributed by atoms with E-state index >= 15 is 0 Å². The third-order valence-corrected chi connectivity index (χ3v) is 4.12. The van der Waals surface area contributed by atoms with Crippen molar-refractivity contribution < 1.29 is 9.53 Å². The quantitative estimate of drug-likeness (QED) is 0.856. The SMILES string of the molecule is CNC(=O)[C@H]1CN(Cc2ccncc2)[C@@H]2CCO[C@H]12. The van der Waals surface area contributed by atoms with Gasteiger partial charge in [-0.15, -0.1) is 0 Å². The Morgan fingerprint density at radius 3 is 3.05 bits per heavy atom. The maximum Gasteiger partial charge on any atom is 0.226 e. The van der Waals surface area contributed by atoms with E-state index in [9.17, 15) is 4.79 Å². The van der Waals surface area contributed by atoms with Gasteiger partial charge in [0.05, 0.1) is 12.0 Å². The first-order chi connectivity index (χ1) is 9.29. The Bertz CT molecular complexity index is 451. The number of nitrogens with one attached hydrogen (secondary N) is 1. The van der Waals surface area contributed by atoms with Crippen molar-refractivity contribution in [3.63, 3.8) is 0 Å². The smallest absolute Gasteiger partial charge is 0.226 e. The second-order valence-corrected chi connectivity index (χ2v) is 5.20. The van der Waals surface area contributed by atoms with Crippen LogP contribution in [-0.4, -0.2) is 48.1 Å². The summed E-state index contributed by atoms with van der Waals surface area (Å²) in [4.78, 5) is 18.3. The van der Waals surface area contributed by atoms with Gasteiger partial charge in [0.25, 0.3) is 0 Å². The van der Waals surface area contributed by atoms with E-state index < -0.39 is 0 Å². The molecule has 1 amide bonds. The molecule has 3 heterocycles. The zero-order valence-corrected chi connectivity index (χ0v) is 11.1. The van der Waals surface area contributed by atoms with Gasteiger partial charge in [0.2, 0.25) is 5.91 Å². The van der Waals surface area contributed by atoms with Crippen LogP contribution in [0, 0.1) is 5.92 Å². The summed E-state index contributed by atoms with van der Waals surface area (Å²) >= 11 is 0. The Morgan fingerprint density at radius 2 is 2.32 bits per heavy atom. The van der Waals surface area contributed by atoms with Crippen molar-refractivity contribution in [3.8, 4) is 0 Å². The molecular formula is C14H19N3O2. The van der Waals surface area contributed by atoms with Gasteiger partial charge in [-0.3, -0.25) is 14.7 Å². The summed E-state index contributed by atoms with van der Waals surface area (Å²) in [5, 5.41) is 2.75. The van der Waals surface area contributed by atoms with Gasteiger partial charge < -0.3 is 10.1 Å². The molecule has 3 rings (SSSR count). The predicted molar refractivity (Wildman–Crippen MR) is 70.3 cm³/mol. The van der Waals surface area contributed by atoms with Crippen LogP contribution in [0.5, 0.6) is 0 Å². The lowest BCUT2D eigenvalue weighted by Gasteiger charge is -2.21. The number of carbonyl (C=O) groups excluding carboxylic acids is 1. The number of hydrogen-bond donors (Lipinski definition) is 1. The van der Waals surface area contributed by atoms with Gasteiger partial charge in [0.1, 0.15) is 0 Å². The minimum atomic E-state index is -0.0423. The number of pyridine rings is 1. The number of likely N-dealkylation sites (tertiary alicyclic amines) is 1. The Hall–Kier alpha value is -1.46. The van der Waals surface area contributed by atoms with Crippen molar-refractivity contribution in [1.29, 1.82) is 0 Å². The minimum Gasteiger partial charge on any atom is -0.376 e. The Labute approximate surface area is 113 Å². The van der Waals surface area contributed by atoms with Gasteiger partial charge in [-0.2, -0.15) is 0 Å². The van der Waals surface area contributed by atoms with E-state index in [1.54, 1.807) is 7.05 Å². The maximum absolute atomic E-state index is 11.9. The average molecular weight is 261 g/mol. The van der Waals surface area contributed by atoms with Crippen LogP contribution < -0.4 is 5.32 Å². The topological polar surface area (TPSA) is 54.5 Å². The summed E-state index contributed by atoms with van der Waals surface area (Å²) in [7, 11) is 1.69. The molecule has 0 unspecified atom stereocenters. The molecule has 1 aromatic rings. The molecule has 1 aromatic heterocycles. The number of amides is 1. The van der Waals surface area contributed by atoms with E-state index in [1.165, 1.54) is 5.56 Å². The lowest BCUT2D eigenvalue weighted by Crippen LogP contribution is -2.36. The maximum atomic E-state index is 11.9. The minimum absolute atomic E-state index is 0.0423. The van der Waals surface area contributed by atoms with Crippen molar-refractivity contribution in [2.75, 3.05) is 20.2 Å². The molecule has 5 nitrogen and oxygen atoms in total. The molecule has 0 spiro atoms. The number of carbonyl (C=O) groups is 1. The van der Waals surface area contributed by atoms with Crippen molar-refractivity contribution >= 4 is 5.91 Å². The van der Waals surface area contributed by atoms with E-state index in [0.717, 1.165) is 26.1 Å². The monoisotopic (exact) mass is 261 g/mol. The van der Waals surface area contributed by atoms with Crippen molar-refractivity contribution in [2.24, 2.45) is 5.92 Å². The number of rotatable bonds is 3. The predicted octanol–water partition coefficient (Wildman–Crippen LogP) is 0.417. The first-order valence-corrected chi connectivity index (χ1v) is 6.75. The molecule has 5 heteroatoms. The lowest BCUT2D eigenvalue weighted by atomic mass is 10.0. The molecule has 19 heavy (non-hydrogen) atoms. The average Bonchev–Trinajstić information content (AvgIpc) is 3.03. The number of fused-ring (bicyclic) bond motifs is 1. The third kappa shape index (κ3) is 2.35. The van der Waals surface area contributed by atoms with Gasteiger partial charge in [-0.1, -0.05) is 0 Å². The van der Waals surface area contributed by atoms with E-state index in [1.807, 2.05) is 24.5 Å². The highest BCUT2D eigenvalue weighted by atomic mass is 16.5. The summed E-state index contributed by atoms with van der Waals surface area (Å²) in [6, 6.07) is 4.42. The van der Waals surface area contributed by atoms with Crippen LogP contribution in [-0.2, 0) is 16.1 Å². The van der Waals surface area contributed by atoms with Gasteiger partial charge in [-0.05, 0) is 24.1 Å². The molecule has 0 aliphatic carbocycles. The fourth-order valence-corrected chi connectivity index (χ4v) is 3.19. The largest absolute Gasteiger partial charge is 0.376 e. The standard InChI is InChI=1S/C14H19N3O2/c1-15-14(18)11-9-17(12-4-7-19-13(11)12)8-10-2-5-16-6-3-10/h2-3,5-6,11-13H,4,7-9H2,1H3,(H,15,18)/t11-,12+,13+/m0/s1. The lowest BCUT2D eigenvalue weighted by molar-refractivity contribution is -0.127. The van der Waals surface area contributed by atoms with Crippen molar-refractivity contribution in [3.05, 3.63) is 30.1 Å². The van der Waals surface area contributed by atoms with Crippen LogP contribution in [0.2, 0.25) is 0 Å². The first kappa shape index (κ1) is 12.6. The van der Waals surface area contributed by atoms with Crippen LogP contribution in [0.1, 0.15) is 12.0 Å². The number of hydrogen-bond acceptors (Lipinski definition) is 4. The Kier molecular flexibility index (Phi) is 3.48. The second kappa shape index (κ2) is 5.27. The molecule has 0 aromatic carbocycles. The van der Waals surface area contributed by atoms with Crippen LogP contribution >= 0.6 is 0 Å². The number of nitrogens with zero attached hydrogens (tertiary/aromatic N) is 2. The highest BCUT2D eigenvalue weighted by Gasteiger charge is 2.48. The molecule has 102 valence electrons. The summed E-state index contributed by atoms with van der Waals surface area (Å²) in [5.41, 5.74) is 1.23. The van der Waals surface area contributed by atoms with Crippen molar-refractivity contribution in [2.45, 2.75) is 25.1 Å².